The quantitative estimate of drug-likeness (QED) is 0.0430. The largest absolute Gasteiger partial charge is 0.488 e. The van der Waals surface area contributed by atoms with Gasteiger partial charge >= 0.3 is 29.8 Å². The Morgan fingerprint density at radius 1 is 0.582 bits per heavy atom. The minimum absolute atomic E-state index is 0.00235. The molecule has 0 N–H and O–H groups in total. The Bertz CT molecular complexity index is 2640. The highest BCUT2D eigenvalue weighted by Crippen LogP contribution is 2.29. The lowest BCUT2D eigenvalue weighted by atomic mass is 9.93. The van der Waals surface area contributed by atoms with E-state index in [0.717, 1.165) is 18.9 Å². The maximum atomic E-state index is 15.3. The van der Waals surface area contributed by atoms with Crippen molar-refractivity contribution < 1.29 is 61.9 Å². The van der Waals surface area contributed by atoms with Crippen molar-refractivity contribution in [1.82, 2.24) is 0 Å². The third-order valence-electron chi connectivity index (χ3n) is 10.5. The molecule has 14 heteroatoms. The van der Waals surface area contributed by atoms with Crippen LogP contribution in [0.15, 0.2) is 164 Å². The van der Waals surface area contributed by atoms with Crippen molar-refractivity contribution in [1.29, 1.82) is 0 Å². The molecule has 1 fully saturated rings. The predicted molar refractivity (Wildman–Crippen MR) is 244 cm³/mol. The van der Waals surface area contributed by atoms with Gasteiger partial charge in [0, 0.05) is 23.9 Å². The minimum atomic E-state index is -2.12. The zero-order chi connectivity index (χ0) is 47.1. The SMILES string of the molecule is CC(=O)O[C@H](COC(=O)c1ccccc1)[C@@H](OC(=O)c1ccccc1)[C@H](OC(=O)c1ccccc1)[C@@H](OC(=O)c1ccccc1)C(=O)c1ccc(Cl)c(Cc2ccc(O[C@@H]3CCOC3)cc2)c1. The summed E-state index contributed by atoms with van der Waals surface area (Å²) in [5.74, 6) is -5.09. The molecular formula is C53H45ClO13. The Hall–Kier alpha value is -7.61. The predicted octanol–water partition coefficient (Wildman–Crippen LogP) is 8.75. The summed E-state index contributed by atoms with van der Waals surface area (Å²) >= 11 is 6.75. The lowest BCUT2D eigenvalue weighted by Gasteiger charge is -2.35. The first-order chi connectivity index (χ1) is 32.5. The van der Waals surface area contributed by atoms with Gasteiger partial charge in [0.1, 0.15) is 18.5 Å². The molecule has 0 amide bonds. The molecule has 6 aromatic carbocycles. The first-order valence-electron chi connectivity index (χ1n) is 21.4. The highest BCUT2D eigenvalue weighted by molar-refractivity contribution is 6.31. The van der Waals surface area contributed by atoms with Gasteiger partial charge in [0.05, 0.1) is 35.5 Å². The molecule has 0 spiro atoms. The third-order valence-corrected chi connectivity index (χ3v) is 10.9. The Kier molecular flexibility index (Phi) is 16.3. The van der Waals surface area contributed by atoms with Crippen molar-refractivity contribution in [2.24, 2.45) is 0 Å². The molecule has 1 saturated heterocycles. The molecular weight excluding hydrogens is 880 g/mol. The second-order valence-electron chi connectivity index (χ2n) is 15.4. The van der Waals surface area contributed by atoms with Gasteiger partial charge in [0.25, 0.3) is 0 Å². The number of ketones is 1. The van der Waals surface area contributed by atoms with Crippen LogP contribution in [0.3, 0.4) is 0 Å². The first kappa shape index (κ1) is 47.4. The highest BCUT2D eigenvalue weighted by Gasteiger charge is 2.48. The number of ether oxygens (including phenoxy) is 7. The van der Waals surface area contributed by atoms with Crippen LogP contribution in [0.5, 0.6) is 5.75 Å². The van der Waals surface area contributed by atoms with Gasteiger partial charge in [-0.15, -0.1) is 0 Å². The smallest absolute Gasteiger partial charge is 0.338 e. The van der Waals surface area contributed by atoms with Crippen molar-refractivity contribution in [3.8, 4) is 5.75 Å². The van der Waals surface area contributed by atoms with Gasteiger partial charge in [-0.3, -0.25) is 9.59 Å². The average Bonchev–Trinajstić information content (AvgIpc) is 3.88. The van der Waals surface area contributed by atoms with E-state index in [1.807, 2.05) is 24.3 Å². The Balaban J connectivity index is 1.32. The Morgan fingerprint density at radius 3 is 1.60 bits per heavy atom. The van der Waals surface area contributed by atoms with Crippen molar-refractivity contribution in [3.63, 3.8) is 0 Å². The molecule has 0 aromatic heterocycles. The molecule has 6 aromatic rings. The fourth-order valence-electron chi connectivity index (χ4n) is 7.17. The van der Waals surface area contributed by atoms with Crippen LogP contribution in [-0.4, -0.2) is 86.0 Å². The Labute approximate surface area is 391 Å². The maximum absolute atomic E-state index is 15.3. The van der Waals surface area contributed by atoms with Crippen molar-refractivity contribution >= 4 is 47.2 Å². The van der Waals surface area contributed by atoms with E-state index in [9.17, 15) is 24.0 Å². The zero-order valence-corrected chi connectivity index (χ0v) is 37.0. The van der Waals surface area contributed by atoms with E-state index < -0.39 is 66.7 Å². The molecule has 5 atom stereocenters. The van der Waals surface area contributed by atoms with Gasteiger partial charge in [-0.05, 0) is 96.4 Å². The fourth-order valence-corrected chi connectivity index (χ4v) is 7.36. The van der Waals surface area contributed by atoms with Gasteiger partial charge in [-0.1, -0.05) is 96.5 Å². The van der Waals surface area contributed by atoms with Crippen LogP contribution in [0.2, 0.25) is 5.02 Å². The Morgan fingerprint density at radius 2 is 1.09 bits per heavy atom. The van der Waals surface area contributed by atoms with Crippen LogP contribution < -0.4 is 4.74 Å². The van der Waals surface area contributed by atoms with Gasteiger partial charge in [0.15, 0.2) is 18.3 Å². The summed E-state index contributed by atoms with van der Waals surface area (Å²) in [5, 5.41) is 0.315. The number of Topliss-reactive ketones (excluding diaryl/α,β-unsaturated/α-hetero) is 1. The van der Waals surface area contributed by atoms with Crippen molar-refractivity contribution in [2.75, 3.05) is 19.8 Å². The highest BCUT2D eigenvalue weighted by atomic mass is 35.5. The van der Waals surface area contributed by atoms with Crippen molar-refractivity contribution in [3.05, 3.63) is 208 Å². The zero-order valence-electron chi connectivity index (χ0n) is 36.2. The minimum Gasteiger partial charge on any atom is -0.488 e. The summed E-state index contributed by atoms with van der Waals surface area (Å²) in [5.41, 5.74) is 1.47. The van der Waals surface area contributed by atoms with Gasteiger partial charge in [0.2, 0.25) is 11.9 Å². The summed E-state index contributed by atoms with van der Waals surface area (Å²) in [7, 11) is 0. The first-order valence-corrected chi connectivity index (χ1v) is 21.7. The molecule has 1 heterocycles. The molecule has 1 aliphatic rings. The average molecular weight is 925 g/mol. The standard InChI is InChI=1S/C53H45ClO13/c1-34(55)63-45(33-62-50(57)36-14-6-2-7-15-36)47(65-51(58)37-16-8-3-9-17-37)49(67-53(60)39-20-12-5-13-21-39)48(66-52(59)38-18-10-4-11-19-38)46(56)40-24-27-44(54)41(31-40)30-35-22-25-42(26-23-35)64-43-28-29-61-32-43/h2-27,31,43,45,47-49H,28-30,32-33H2,1H3/t43-,45-,47-,48+,49+/m1/s1. The van der Waals surface area contributed by atoms with E-state index in [1.54, 1.807) is 72.8 Å². The second kappa shape index (κ2) is 23.0. The summed E-state index contributed by atoms with van der Waals surface area (Å²) in [6, 6.07) is 42.8. The monoisotopic (exact) mass is 924 g/mol. The summed E-state index contributed by atoms with van der Waals surface area (Å²) < 4.78 is 41.1. The summed E-state index contributed by atoms with van der Waals surface area (Å²) in [4.78, 5) is 84.0. The van der Waals surface area contributed by atoms with Crippen LogP contribution >= 0.6 is 11.6 Å². The number of esters is 5. The van der Waals surface area contributed by atoms with E-state index in [-0.39, 0.29) is 40.3 Å². The van der Waals surface area contributed by atoms with Crippen molar-refractivity contribution in [2.45, 2.75) is 50.3 Å². The molecule has 0 radical (unpaired) electrons. The molecule has 0 aliphatic carbocycles. The van der Waals surface area contributed by atoms with Crippen LogP contribution in [0, 0.1) is 0 Å². The number of hydrogen-bond acceptors (Lipinski definition) is 13. The number of carbonyl (C=O) groups is 6. The molecule has 7 rings (SSSR count). The summed E-state index contributed by atoms with van der Waals surface area (Å²) in [6.45, 7) is 1.42. The lowest BCUT2D eigenvalue weighted by Crippen LogP contribution is -2.55. The van der Waals surface area contributed by atoms with Gasteiger partial charge in [-0.2, -0.15) is 0 Å². The van der Waals surface area contributed by atoms with Crippen LogP contribution in [0.1, 0.15) is 76.3 Å². The molecule has 342 valence electrons. The van der Waals surface area contributed by atoms with Crippen LogP contribution in [0.25, 0.3) is 0 Å². The lowest BCUT2D eigenvalue weighted by molar-refractivity contribution is -0.167. The van der Waals surface area contributed by atoms with Gasteiger partial charge in [-0.25, -0.2) is 19.2 Å². The van der Waals surface area contributed by atoms with E-state index in [0.29, 0.717) is 29.5 Å². The van der Waals surface area contributed by atoms with Crippen LogP contribution in [0.4, 0.5) is 0 Å². The number of hydrogen-bond donors (Lipinski definition) is 0. The molecule has 0 saturated carbocycles. The number of halogens is 1. The van der Waals surface area contributed by atoms with E-state index in [2.05, 4.69) is 0 Å². The number of carbonyl (C=O) groups excluding carboxylic acids is 6. The number of benzene rings is 6. The topological polar surface area (TPSA) is 167 Å². The second-order valence-corrected chi connectivity index (χ2v) is 15.8. The maximum Gasteiger partial charge on any atom is 0.338 e. The molecule has 13 nitrogen and oxygen atoms in total. The number of rotatable bonds is 19. The molecule has 67 heavy (non-hydrogen) atoms. The van der Waals surface area contributed by atoms with E-state index in [4.69, 9.17) is 44.8 Å². The molecule has 0 unspecified atom stereocenters. The normalized spacial score (nSPS) is 14.9. The fraction of sp³-hybridized carbons (Fsp3) is 0.208. The van der Waals surface area contributed by atoms with E-state index in [1.165, 1.54) is 66.7 Å². The van der Waals surface area contributed by atoms with Crippen LogP contribution in [-0.2, 0) is 39.6 Å². The molecule has 0 bridgehead atoms. The van der Waals surface area contributed by atoms with E-state index >= 15 is 4.79 Å². The molecule has 1 aliphatic heterocycles. The third kappa shape index (κ3) is 13.0. The summed E-state index contributed by atoms with van der Waals surface area (Å²) in [6.07, 6.45) is -6.97. The van der Waals surface area contributed by atoms with Gasteiger partial charge < -0.3 is 33.2 Å².